The SMILES string of the molecule is CCOC(=O)[C@@](O)(CCCc1ccccc1)[C@@]1(C(=O)SC)OC(C)(C)O[C@@H]1COCc1ccccc1. The van der Waals surface area contributed by atoms with Crippen molar-refractivity contribution in [2.75, 3.05) is 19.5 Å². The summed E-state index contributed by atoms with van der Waals surface area (Å²) < 4.78 is 23.6. The quantitative estimate of drug-likeness (QED) is 0.418. The molecular weight excluding hydrogens is 480 g/mol. The van der Waals surface area contributed by atoms with Crippen LogP contribution in [0.1, 0.15) is 44.7 Å². The fourth-order valence-corrected chi connectivity index (χ4v) is 5.28. The first kappa shape index (κ1) is 28.3. The summed E-state index contributed by atoms with van der Waals surface area (Å²) in [6.45, 7) is 5.22. The van der Waals surface area contributed by atoms with Crippen LogP contribution in [0.2, 0.25) is 0 Å². The van der Waals surface area contributed by atoms with Crippen molar-refractivity contribution in [3.8, 4) is 0 Å². The van der Waals surface area contributed by atoms with Gasteiger partial charge in [-0.25, -0.2) is 4.79 Å². The molecule has 36 heavy (non-hydrogen) atoms. The average Bonchev–Trinajstić information content (AvgIpc) is 3.16. The van der Waals surface area contributed by atoms with E-state index in [1.165, 1.54) is 0 Å². The van der Waals surface area contributed by atoms with E-state index < -0.39 is 34.2 Å². The molecule has 0 aliphatic carbocycles. The highest BCUT2D eigenvalue weighted by Gasteiger charge is 2.71. The summed E-state index contributed by atoms with van der Waals surface area (Å²) in [7, 11) is 0. The largest absolute Gasteiger partial charge is 0.464 e. The fraction of sp³-hybridized carbons (Fsp3) is 0.500. The first-order valence-electron chi connectivity index (χ1n) is 12.2. The molecule has 0 amide bonds. The number of benzene rings is 2. The Labute approximate surface area is 217 Å². The van der Waals surface area contributed by atoms with Crippen molar-refractivity contribution in [2.24, 2.45) is 0 Å². The van der Waals surface area contributed by atoms with E-state index in [0.29, 0.717) is 12.8 Å². The molecule has 0 spiro atoms. The van der Waals surface area contributed by atoms with Crippen LogP contribution < -0.4 is 0 Å². The average molecular weight is 517 g/mol. The van der Waals surface area contributed by atoms with Gasteiger partial charge in [-0.15, -0.1) is 0 Å². The molecule has 0 unspecified atom stereocenters. The maximum Gasteiger partial charge on any atom is 0.341 e. The van der Waals surface area contributed by atoms with Gasteiger partial charge >= 0.3 is 5.97 Å². The molecule has 2 aromatic carbocycles. The number of thioether (sulfide) groups is 1. The van der Waals surface area contributed by atoms with Gasteiger partial charge in [-0.3, -0.25) is 4.79 Å². The van der Waals surface area contributed by atoms with Crippen molar-refractivity contribution in [1.82, 2.24) is 0 Å². The smallest absolute Gasteiger partial charge is 0.341 e. The summed E-state index contributed by atoms with van der Waals surface area (Å²) in [6.07, 6.45) is 1.52. The van der Waals surface area contributed by atoms with Gasteiger partial charge in [0.05, 0.1) is 19.8 Å². The number of hydrogen-bond donors (Lipinski definition) is 1. The lowest BCUT2D eigenvalue weighted by molar-refractivity contribution is -0.222. The van der Waals surface area contributed by atoms with Crippen LogP contribution in [0.15, 0.2) is 60.7 Å². The highest BCUT2D eigenvalue weighted by molar-refractivity contribution is 8.13. The highest BCUT2D eigenvalue weighted by Crippen LogP contribution is 2.48. The zero-order valence-corrected chi connectivity index (χ0v) is 22.2. The lowest BCUT2D eigenvalue weighted by atomic mass is 9.75. The number of rotatable bonds is 12. The van der Waals surface area contributed by atoms with Crippen molar-refractivity contribution in [1.29, 1.82) is 0 Å². The van der Waals surface area contributed by atoms with Gasteiger partial charge in [-0.1, -0.05) is 72.4 Å². The molecule has 196 valence electrons. The Balaban J connectivity index is 1.94. The second-order valence-electron chi connectivity index (χ2n) is 9.26. The highest BCUT2D eigenvalue weighted by atomic mass is 32.2. The van der Waals surface area contributed by atoms with Gasteiger partial charge in [0.2, 0.25) is 16.3 Å². The van der Waals surface area contributed by atoms with E-state index in [0.717, 1.165) is 22.9 Å². The number of carbonyl (C=O) groups excluding carboxylic acids is 2. The van der Waals surface area contributed by atoms with Crippen LogP contribution in [-0.2, 0) is 41.6 Å². The van der Waals surface area contributed by atoms with Crippen molar-refractivity contribution in [3.05, 3.63) is 71.8 Å². The van der Waals surface area contributed by atoms with E-state index in [1.54, 1.807) is 27.0 Å². The Morgan fingerprint density at radius 3 is 2.25 bits per heavy atom. The third kappa shape index (κ3) is 6.18. The predicted molar refractivity (Wildman–Crippen MR) is 138 cm³/mol. The Morgan fingerprint density at radius 1 is 1.06 bits per heavy atom. The van der Waals surface area contributed by atoms with Gasteiger partial charge in [0.15, 0.2) is 5.79 Å². The monoisotopic (exact) mass is 516 g/mol. The molecule has 0 radical (unpaired) electrons. The predicted octanol–water partition coefficient (Wildman–Crippen LogP) is 4.30. The van der Waals surface area contributed by atoms with Gasteiger partial charge < -0.3 is 24.1 Å². The van der Waals surface area contributed by atoms with Crippen LogP contribution in [0.3, 0.4) is 0 Å². The lowest BCUT2D eigenvalue weighted by Crippen LogP contribution is -2.69. The van der Waals surface area contributed by atoms with Crippen molar-refractivity contribution < 1.29 is 33.6 Å². The maximum absolute atomic E-state index is 13.6. The summed E-state index contributed by atoms with van der Waals surface area (Å²) in [6, 6.07) is 19.3. The van der Waals surface area contributed by atoms with E-state index in [2.05, 4.69) is 0 Å². The standard InChI is InChI=1S/C28H36O7S/c1-5-33-24(29)27(31,18-12-17-21-13-8-6-9-14-21)28(25(30)36-4)23(34-26(2,3)35-28)20-32-19-22-15-10-7-11-16-22/h6-11,13-16,23,31H,5,12,17-20H2,1-4H3/t23-,27+,28-/m1/s1. The molecule has 1 heterocycles. The van der Waals surface area contributed by atoms with Crippen LogP contribution >= 0.6 is 11.8 Å². The van der Waals surface area contributed by atoms with Crippen LogP contribution in [0.25, 0.3) is 0 Å². The van der Waals surface area contributed by atoms with E-state index in [-0.39, 0.29) is 26.2 Å². The van der Waals surface area contributed by atoms with Crippen molar-refractivity contribution >= 4 is 22.8 Å². The number of hydrogen-bond acceptors (Lipinski definition) is 8. The van der Waals surface area contributed by atoms with Gasteiger partial charge in [0, 0.05) is 0 Å². The molecule has 8 heteroatoms. The van der Waals surface area contributed by atoms with Crippen LogP contribution in [-0.4, -0.2) is 58.8 Å². The van der Waals surface area contributed by atoms with Gasteiger partial charge in [-0.2, -0.15) is 0 Å². The fourth-order valence-electron chi connectivity index (χ4n) is 4.64. The molecule has 1 aliphatic rings. The molecule has 7 nitrogen and oxygen atoms in total. The van der Waals surface area contributed by atoms with Gasteiger partial charge in [0.25, 0.3) is 0 Å². The zero-order valence-electron chi connectivity index (χ0n) is 21.4. The third-order valence-corrected chi connectivity index (χ3v) is 6.90. The molecule has 0 aromatic heterocycles. The van der Waals surface area contributed by atoms with Crippen molar-refractivity contribution in [3.63, 3.8) is 0 Å². The van der Waals surface area contributed by atoms with Crippen LogP contribution in [0, 0.1) is 0 Å². The third-order valence-electron chi connectivity index (χ3n) is 6.23. The summed E-state index contributed by atoms with van der Waals surface area (Å²) >= 11 is 0.880. The molecule has 0 saturated carbocycles. The molecule has 1 fully saturated rings. The second kappa shape index (κ2) is 12.3. The van der Waals surface area contributed by atoms with E-state index in [4.69, 9.17) is 18.9 Å². The number of aliphatic hydroxyl groups is 1. The Hall–Kier alpha value is -2.23. The van der Waals surface area contributed by atoms with Gasteiger partial charge in [0.1, 0.15) is 6.10 Å². The Morgan fingerprint density at radius 2 is 1.67 bits per heavy atom. The van der Waals surface area contributed by atoms with Gasteiger partial charge in [-0.05, 0) is 57.4 Å². The second-order valence-corrected chi connectivity index (χ2v) is 10.0. The maximum atomic E-state index is 13.6. The molecular formula is C28H36O7S. The number of aryl methyl sites for hydroxylation is 1. The number of ether oxygens (including phenoxy) is 4. The lowest BCUT2D eigenvalue weighted by Gasteiger charge is -2.42. The zero-order chi connectivity index (χ0) is 26.2. The summed E-state index contributed by atoms with van der Waals surface area (Å²) in [4.78, 5) is 27.0. The number of esters is 1. The Bertz CT molecular complexity index is 997. The van der Waals surface area contributed by atoms with E-state index >= 15 is 0 Å². The van der Waals surface area contributed by atoms with E-state index in [9.17, 15) is 14.7 Å². The minimum absolute atomic E-state index is 0.0444. The summed E-state index contributed by atoms with van der Waals surface area (Å²) in [5.41, 5.74) is -2.30. The molecule has 1 aliphatic heterocycles. The first-order chi connectivity index (χ1) is 17.2. The summed E-state index contributed by atoms with van der Waals surface area (Å²) in [5.74, 6) is -2.15. The first-order valence-corrected chi connectivity index (χ1v) is 13.4. The number of carbonyl (C=O) groups is 2. The van der Waals surface area contributed by atoms with Crippen molar-refractivity contribution in [2.45, 2.75) is 69.7 Å². The normalized spacial score (nSPS) is 22.6. The molecule has 3 rings (SSSR count). The molecule has 2 aromatic rings. The summed E-state index contributed by atoms with van der Waals surface area (Å²) in [5, 5.41) is 11.6. The molecule has 3 atom stereocenters. The molecule has 1 N–H and O–H groups in total. The molecule has 1 saturated heterocycles. The van der Waals surface area contributed by atoms with E-state index in [1.807, 2.05) is 60.7 Å². The molecule has 0 bridgehead atoms. The minimum Gasteiger partial charge on any atom is -0.464 e. The van der Waals surface area contributed by atoms with Crippen LogP contribution in [0.4, 0.5) is 0 Å². The Kier molecular flexibility index (Phi) is 9.72. The topological polar surface area (TPSA) is 91.3 Å². The van der Waals surface area contributed by atoms with Crippen LogP contribution in [0.5, 0.6) is 0 Å². The minimum atomic E-state index is -2.29.